The van der Waals surface area contributed by atoms with E-state index in [4.69, 9.17) is 4.74 Å². The summed E-state index contributed by atoms with van der Waals surface area (Å²) in [7, 11) is -3.96. The van der Waals surface area contributed by atoms with Gasteiger partial charge in [0.25, 0.3) is 0 Å². The molecule has 0 unspecified atom stereocenters. The fourth-order valence-corrected chi connectivity index (χ4v) is 5.96. The monoisotopic (exact) mass is 413 g/mol. The van der Waals surface area contributed by atoms with Crippen molar-refractivity contribution in [2.45, 2.75) is 36.1 Å². The summed E-state index contributed by atoms with van der Waals surface area (Å²) in [5.74, 6) is 0.171. The molecule has 2 N–H and O–H groups in total. The topological polar surface area (TPSA) is 138 Å². The number of nitrogens with one attached hydrogen (secondary N) is 1. The Morgan fingerprint density at radius 2 is 2.11 bits per heavy atom. The highest BCUT2D eigenvalue weighted by atomic mass is 32.2. The number of ether oxygens (including phenoxy) is 1. The quantitative estimate of drug-likeness (QED) is 0.702. The summed E-state index contributed by atoms with van der Waals surface area (Å²) in [5, 5.41) is 22.8. The Balaban J connectivity index is 1.80. The Kier molecular flexibility index (Phi) is 5.40. The molecule has 0 aliphatic carbocycles. The number of carboxylic acid groups (broad SMARTS) is 1. The number of thioether (sulfide) groups is 1. The maximum atomic E-state index is 13.0. The van der Waals surface area contributed by atoms with Gasteiger partial charge >= 0.3 is 5.97 Å². The van der Waals surface area contributed by atoms with Crippen molar-refractivity contribution in [2.75, 3.05) is 12.3 Å². The van der Waals surface area contributed by atoms with E-state index in [9.17, 15) is 18.3 Å². The molecule has 1 aromatic carbocycles. The zero-order valence-corrected chi connectivity index (χ0v) is 16.3. The van der Waals surface area contributed by atoms with E-state index in [0.29, 0.717) is 17.3 Å². The molecule has 10 nitrogen and oxygen atoms in total. The highest BCUT2D eigenvalue weighted by Crippen LogP contribution is 2.38. The van der Waals surface area contributed by atoms with Gasteiger partial charge in [-0.1, -0.05) is 5.21 Å². The van der Waals surface area contributed by atoms with Crippen molar-refractivity contribution >= 4 is 27.8 Å². The highest BCUT2D eigenvalue weighted by Gasteiger charge is 2.48. The van der Waals surface area contributed by atoms with Gasteiger partial charge < -0.3 is 9.84 Å². The zero-order valence-electron chi connectivity index (χ0n) is 14.7. The molecule has 0 saturated carbocycles. The number of aromatic nitrogens is 4. The van der Waals surface area contributed by atoms with Gasteiger partial charge in [-0.25, -0.2) is 8.42 Å². The molecule has 1 aromatic heterocycles. The molecule has 0 spiro atoms. The summed E-state index contributed by atoms with van der Waals surface area (Å²) in [6, 6.07) is 4.66. The summed E-state index contributed by atoms with van der Waals surface area (Å²) in [4.78, 5) is 11.8. The number of carbonyl (C=O) groups is 1. The minimum Gasteiger partial charge on any atom is -0.485 e. The lowest BCUT2D eigenvalue weighted by Crippen LogP contribution is -2.58. The van der Waals surface area contributed by atoms with Crippen LogP contribution in [-0.2, 0) is 21.4 Å². The van der Waals surface area contributed by atoms with E-state index >= 15 is 0 Å². The Morgan fingerprint density at radius 1 is 1.41 bits per heavy atom. The summed E-state index contributed by atoms with van der Waals surface area (Å²) in [5.41, 5.74) is 0. The SMILES string of the molecule is CC1(C)SCCN(S(=O)(=O)c2ccc(OCc3nn[nH]n3)cc2)[C@H]1C(=O)O. The second-order valence-corrected chi connectivity index (χ2v) is 10.0. The second-order valence-electron chi connectivity index (χ2n) is 6.40. The fourth-order valence-electron chi connectivity index (χ4n) is 2.87. The lowest BCUT2D eigenvalue weighted by Gasteiger charge is -2.42. The first kappa shape index (κ1) is 19.6. The molecule has 1 aliphatic heterocycles. The van der Waals surface area contributed by atoms with Crippen LogP contribution in [0.3, 0.4) is 0 Å². The van der Waals surface area contributed by atoms with Gasteiger partial charge in [-0.05, 0) is 38.1 Å². The van der Waals surface area contributed by atoms with Gasteiger partial charge in [0.15, 0.2) is 6.61 Å². The summed E-state index contributed by atoms with van der Waals surface area (Å²) >= 11 is 1.45. The number of hydrogen-bond acceptors (Lipinski definition) is 8. The van der Waals surface area contributed by atoms with Gasteiger partial charge in [0, 0.05) is 17.0 Å². The zero-order chi connectivity index (χ0) is 19.7. The molecule has 1 atom stereocenters. The highest BCUT2D eigenvalue weighted by molar-refractivity contribution is 8.00. The number of benzene rings is 1. The molecule has 1 aliphatic rings. The fraction of sp³-hybridized carbons (Fsp3) is 0.467. The van der Waals surface area contributed by atoms with Gasteiger partial charge in [-0.3, -0.25) is 4.79 Å². The molecule has 0 bridgehead atoms. The van der Waals surface area contributed by atoms with Crippen LogP contribution in [0, 0.1) is 0 Å². The Morgan fingerprint density at radius 3 is 2.70 bits per heavy atom. The van der Waals surface area contributed by atoms with Gasteiger partial charge in [0.2, 0.25) is 15.8 Å². The number of tetrazole rings is 1. The smallest absolute Gasteiger partial charge is 0.323 e. The number of carboxylic acids is 1. The van der Waals surface area contributed by atoms with Crippen molar-refractivity contribution in [2.24, 2.45) is 0 Å². The molecule has 146 valence electrons. The van der Waals surface area contributed by atoms with E-state index < -0.39 is 26.8 Å². The van der Waals surface area contributed by atoms with Crippen LogP contribution >= 0.6 is 11.8 Å². The third-order valence-electron chi connectivity index (χ3n) is 4.15. The van der Waals surface area contributed by atoms with Crippen molar-refractivity contribution in [3.8, 4) is 5.75 Å². The summed E-state index contributed by atoms with van der Waals surface area (Å²) in [6.07, 6.45) is 0. The van der Waals surface area contributed by atoms with Crippen LogP contribution in [0.1, 0.15) is 19.7 Å². The third kappa shape index (κ3) is 4.06. The van der Waals surface area contributed by atoms with Gasteiger partial charge in [-0.15, -0.1) is 10.2 Å². The first-order valence-corrected chi connectivity index (χ1v) is 10.5. The minimum atomic E-state index is -3.96. The molecule has 0 amide bonds. The van der Waals surface area contributed by atoms with Crippen molar-refractivity contribution in [3.63, 3.8) is 0 Å². The molecule has 0 radical (unpaired) electrons. The first-order valence-electron chi connectivity index (χ1n) is 8.05. The standard InChI is InChI=1S/C15H19N5O5S2/c1-15(2)13(14(21)22)20(7-8-26-15)27(23,24)11-5-3-10(4-6-11)25-9-12-16-18-19-17-12/h3-6,13H,7-9H2,1-2H3,(H,21,22)(H,16,17,18,19)/t13-/m0/s1. The van der Waals surface area contributed by atoms with Crippen LogP contribution < -0.4 is 4.74 Å². The lowest BCUT2D eigenvalue weighted by molar-refractivity contribution is -0.142. The van der Waals surface area contributed by atoms with Crippen molar-refractivity contribution in [1.82, 2.24) is 24.9 Å². The summed E-state index contributed by atoms with van der Waals surface area (Å²) in [6.45, 7) is 3.71. The number of sulfonamides is 1. The molecular formula is C15H19N5O5S2. The molecule has 3 rings (SSSR count). The lowest BCUT2D eigenvalue weighted by atomic mass is 10.0. The van der Waals surface area contributed by atoms with Crippen LogP contribution in [0.2, 0.25) is 0 Å². The van der Waals surface area contributed by atoms with Crippen LogP contribution in [0.5, 0.6) is 5.75 Å². The Labute approximate surface area is 160 Å². The number of H-pyrrole nitrogens is 1. The normalized spacial score (nSPS) is 20.3. The third-order valence-corrected chi connectivity index (χ3v) is 7.39. The van der Waals surface area contributed by atoms with Crippen molar-refractivity contribution < 1.29 is 23.1 Å². The average Bonchev–Trinajstić information content (AvgIpc) is 3.12. The molecular weight excluding hydrogens is 394 g/mol. The predicted molar refractivity (Wildman–Crippen MR) is 96.8 cm³/mol. The molecule has 12 heteroatoms. The number of aromatic amines is 1. The largest absolute Gasteiger partial charge is 0.485 e. The number of aliphatic carboxylic acids is 1. The van der Waals surface area contributed by atoms with E-state index in [1.165, 1.54) is 36.0 Å². The van der Waals surface area contributed by atoms with Crippen molar-refractivity contribution in [1.29, 1.82) is 0 Å². The molecule has 2 aromatic rings. The predicted octanol–water partition coefficient (Wildman–Crippen LogP) is 0.748. The van der Waals surface area contributed by atoms with Crippen LogP contribution in [0.25, 0.3) is 0 Å². The molecule has 1 saturated heterocycles. The Bertz CT molecular complexity index is 899. The number of rotatable bonds is 6. The van der Waals surface area contributed by atoms with E-state index in [1.54, 1.807) is 13.8 Å². The molecule has 27 heavy (non-hydrogen) atoms. The van der Waals surface area contributed by atoms with Crippen LogP contribution in [-0.4, -0.2) is 67.5 Å². The second kappa shape index (κ2) is 7.44. The maximum Gasteiger partial charge on any atom is 0.323 e. The summed E-state index contributed by atoms with van der Waals surface area (Å²) < 4.78 is 31.9. The van der Waals surface area contributed by atoms with E-state index in [0.717, 1.165) is 4.31 Å². The van der Waals surface area contributed by atoms with E-state index in [-0.39, 0.29) is 18.0 Å². The van der Waals surface area contributed by atoms with Crippen LogP contribution in [0.15, 0.2) is 29.2 Å². The minimum absolute atomic E-state index is 0.0170. The Hall–Kier alpha value is -2.18. The van der Waals surface area contributed by atoms with Gasteiger partial charge in [0.1, 0.15) is 11.8 Å². The van der Waals surface area contributed by atoms with Crippen LogP contribution in [0.4, 0.5) is 0 Å². The van der Waals surface area contributed by atoms with Gasteiger partial charge in [0.05, 0.1) is 4.90 Å². The molecule has 2 heterocycles. The van der Waals surface area contributed by atoms with Crippen molar-refractivity contribution in [3.05, 3.63) is 30.1 Å². The number of nitrogens with zero attached hydrogens (tertiary/aromatic N) is 4. The average molecular weight is 413 g/mol. The van der Waals surface area contributed by atoms with E-state index in [1.807, 2.05) is 0 Å². The van der Waals surface area contributed by atoms with Gasteiger partial charge in [-0.2, -0.15) is 21.3 Å². The number of hydrogen-bond donors (Lipinski definition) is 2. The first-order chi connectivity index (χ1) is 12.7. The maximum absolute atomic E-state index is 13.0. The van der Waals surface area contributed by atoms with E-state index in [2.05, 4.69) is 20.6 Å². The molecule has 1 fully saturated rings.